The number of hydrogen-bond acceptors (Lipinski definition) is 5. The molecule has 0 saturated carbocycles. The molecule has 1 N–H and O–H groups in total. The van der Waals surface area contributed by atoms with Crippen molar-refractivity contribution in [2.24, 2.45) is 0 Å². The van der Waals surface area contributed by atoms with Gasteiger partial charge in [0.25, 0.3) is 5.91 Å². The number of benzene rings is 2. The molecular formula is C28H35N3O5. The predicted octanol–water partition coefficient (Wildman–Crippen LogP) is 5.70. The molecule has 192 valence electrons. The van der Waals surface area contributed by atoms with Gasteiger partial charge in [0.05, 0.1) is 18.7 Å². The first-order valence-corrected chi connectivity index (χ1v) is 12.5. The Hall–Kier alpha value is -3.68. The van der Waals surface area contributed by atoms with Crippen LogP contribution in [0.1, 0.15) is 51.5 Å². The van der Waals surface area contributed by atoms with E-state index < -0.39 is 5.60 Å². The predicted molar refractivity (Wildman–Crippen MR) is 140 cm³/mol. The van der Waals surface area contributed by atoms with Gasteiger partial charge < -0.3 is 29.0 Å². The molecule has 0 radical (unpaired) electrons. The van der Waals surface area contributed by atoms with Crippen molar-refractivity contribution in [3.05, 3.63) is 54.2 Å². The lowest BCUT2D eigenvalue weighted by atomic mass is 10.2. The molecule has 2 heterocycles. The minimum absolute atomic E-state index is 0.0993. The van der Waals surface area contributed by atoms with Crippen LogP contribution in [0.2, 0.25) is 0 Å². The normalized spacial score (nSPS) is 15.7. The summed E-state index contributed by atoms with van der Waals surface area (Å²) in [5.41, 5.74) is 1.70. The average molecular weight is 494 g/mol. The van der Waals surface area contributed by atoms with E-state index in [1.165, 1.54) is 0 Å². The minimum atomic E-state index is -0.520. The summed E-state index contributed by atoms with van der Waals surface area (Å²) in [5, 5.41) is 3.91. The van der Waals surface area contributed by atoms with Crippen LogP contribution < -0.4 is 14.8 Å². The number of rotatable bonds is 7. The van der Waals surface area contributed by atoms with Crippen molar-refractivity contribution in [2.75, 3.05) is 25.0 Å². The largest absolute Gasteiger partial charge is 0.493 e. The number of carbonyl (C=O) groups excluding carboxylic acids is 2. The third-order valence-electron chi connectivity index (χ3n) is 5.97. The standard InChI is InChI=1S/C28H35N3O5/c1-6-31-23-9-8-10-25(34-7-2)22(23)17-24(31)26(32)29-19-11-13-20(14-12-19)35-21-15-16-30(18-21)27(33)36-28(3,4)5/h8-14,17,21H,6-7,15-16,18H2,1-5H3,(H,29,32). The van der Waals surface area contributed by atoms with E-state index in [2.05, 4.69) is 5.32 Å². The number of ether oxygens (including phenoxy) is 3. The van der Waals surface area contributed by atoms with Crippen LogP contribution in [0.3, 0.4) is 0 Å². The fourth-order valence-corrected chi connectivity index (χ4v) is 4.39. The highest BCUT2D eigenvalue weighted by atomic mass is 16.6. The number of amides is 2. The van der Waals surface area contributed by atoms with Gasteiger partial charge in [0.1, 0.15) is 28.9 Å². The van der Waals surface area contributed by atoms with Gasteiger partial charge in [-0.2, -0.15) is 0 Å². The molecule has 36 heavy (non-hydrogen) atoms. The first-order chi connectivity index (χ1) is 17.2. The van der Waals surface area contributed by atoms with Crippen molar-refractivity contribution in [1.29, 1.82) is 0 Å². The van der Waals surface area contributed by atoms with Crippen molar-refractivity contribution >= 4 is 28.6 Å². The Kier molecular flexibility index (Phi) is 7.43. The van der Waals surface area contributed by atoms with Gasteiger partial charge in [0.15, 0.2) is 0 Å². The van der Waals surface area contributed by atoms with Crippen molar-refractivity contribution in [3.8, 4) is 11.5 Å². The summed E-state index contributed by atoms with van der Waals surface area (Å²) in [7, 11) is 0. The highest BCUT2D eigenvalue weighted by Gasteiger charge is 2.30. The quantitative estimate of drug-likeness (QED) is 0.457. The van der Waals surface area contributed by atoms with Crippen LogP contribution in [-0.4, -0.2) is 52.9 Å². The van der Waals surface area contributed by atoms with Crippen molar-refractivity contribution in [1.82, 2.24) is 9.47 Å². The van der Waals surface area contributed by atoms with E-state index in [4.69, 9.17) is 14.2 Å². The van der Waals surface area contributed by atoms with Crippen molar-refractivity contribution in [3.63, 3.8) is 0 Å². The first kappa shape index (κ1) is 25.4. The summed E-state index contributed by atoms with van der Waals surface area (Å²) in [4.78, 5) is 27.1. The summed E-state index contributed by atoms with van der Waals surface area (Å²) < 4.78 is 19.2. The molecule has 4 rings (SSSR count). The maximum atomic E-state index is 13.1. The number of aryl methyl sites for hydroxylation is 1. The van der Waals surface area contributed by atoms with Crippen LogP contribution in [0.15, 0.2) is 48.5 Å². The van der Waals surface area contributed by atoms with Gasteiger partial charge in [-0.15, -0.1) is 0 Å². The highest BCUT2D eigenvalue weighted by Crippen LogP contribution is 2.30. The fraction of sp³-hybridized carbons (Fsp3) is 0.429. The summed E-state index contributed by atoms with van der Waals surface area (Å²) in [6.45, 7) is 11.8. The van der Waals surface area contributed by atoms with Crippen LogP contribution in [0.5, 0.6) is 11.5 Å². The summed E-state index contributed by atoms with van der Waals surface area (Å²) in [6, 6.07) is 15.0. The molecule has 1 atom stereocenters. The second kappa shape index (κ2) is 10.5. The van der Waals surface area contributed by atoms with E-state index in [-0.39, 0.29) is 18.1 Å². The third kappa shape index (κ3) is 5.75. The number of nitrogens with zero attached hydrogens (tertiary/aromatic N) is 2. The second-order valence-corrected chi connectivity index (χ2v) is 9.83. The zero-order valence-corrected chi connectivity index (χ0v) is 21.7. The molecule has 3 aromatic rings. The van der Waals surface area contributed by atoms with Gasteiger partial charge in [0.2, 0.25) is 0 Å². The second-order valence-electron chi connectivity index (χ2n) is 9.83. The van der Waals surface area contributed by atoms with Crippen LogP contribution in [0.25, 0.3) is 10.9 Å². The van der Waals surface area contributed by atoms with E-state index in [0.29, 0.717) is 43.4 Å². The number of anilines is 1. The van der Waals surface area contributed by atoms with E-state index in [9.17, 15) is 9.59 Å². The first-order valence-electron chi connectivity index (χ1n) is 12.5. The summed E-state index contributed by atoms with van der Waals surface area (Å²) in [6.07, 6.45) is 0.325. The Balaban J connectivity index is 1.39. The molecule has 0 bridgehead atoms. The molecule has 1 aromatic heterocycles. The Bertz CT molecular complexity index is 1230. The molecule has 1 aliphatic rings. The molecule has 8 heteroatoms. The van der Waals surface area contributed by atoms with E-state index in [1.54, 1.807) is 4.90 Å². The van der Waals surface area contributed by atoms with Crippen molar-refractivity contribution in [2.45, 2.75) is 59.3 Å². The Labute approximate surface area is 212 Å². The van der Waals surface area contributed by atoms with Gasteiger partial charge in [-0.3, -0.25) is 4.79 Å². The zero-order chi connectivity index (χ0) is 25.9. The monoisotopic (exact) mass is 493 g/mol. The zero-order valence-electron chi connectivity index (χ0n) is 21.7. The van der Waals surface area contributed by atoms with Crippen LogP contribution >= 0.6 is 0 Å². The maximum Gasteiger partial charge on any atom is 0.410 e. The number of hydrogen-bond donors (Lipinski definition) is 1. The van der Waals surface area contributed by atoms with Crippen LogP contribution in [0, 0.1) is 0 Å². The molecule has 8 nitrogen and oxygen atoms in total. The number of fused-ring (bicyclic) bond motifs is 1. The molecular weight excluding hydrogens is 458 g/mol. The SMILES string of the molecule is CCOc1cccc2c1cc(C(=O)Nc1ccc(OC3CCN(C(=O)OC(C)(C)C)C3)cc1)n2CC. The topological polar surface area (TPSA) is 82.0 Å². The van der Waals surface area contributed by atoms with Gasteiger partial charge >= 0.3 is 6.09 Å². The Morgan fingerprint density at radius 1 is 1.08 bits per heavy atom. The molecule has 1 unspecified atom stereocenters. The molecule has 1 aliphatic heterocycles. The van der Waals surface area contributed by atoms with E-state index >= 15 is 0 Å². The number of aromatic nitrogens is 1. The molecule has 0 aliphatic carbocycles. The lowest BCUT2D eigenvalue weighted by molar-refractivity contribution is 0.0275. The van der Waals surface area contributed by atoms with Gasteiger partial charge in [-0.05, 0) is 77.1 Å². The average Bonchev–Trinajstić information content (AvgIpc) is 3.45. The number of carbonyl (C=O) groups is 2. The summed E-state index contributed by atoms with van der Waals surface area (Å²) in [5.74, 6) is 1.27. The van der Waals surface area contributed by atoms with E-state index in [0.717, 1.165) is 23.1 Å². The molecule has 2 amide bonds. The molecule has 1 fully saturated rings. The third-order valence-corrected chi connectivity index (χ3v) is 5.97. The Morgan fingerprint density at radius 3 is 2.50 bits per heavy atom. The molecule has 2 aromatic carbocycles. The van der Waals surface area contributed by atoms with E-state index in [1.807, 2.05) is 87.7 Å². The van der Waals surface area contributed by atoms with Crippen LogP contribution in [0.4, 0.5) is 10.5 Å². The van der Waals surface area contributed by atoms with Gasteiger partial charge in [-0.25, -0.2) is 4.79 Å². The Morgan fingerprint density at radius 2 is 1.83 bits per heavy atom. The minimum Gasteiger partial charge on any atom is -0.493 e. The molecule has 0 spiro atoms. The smallest absolute Gasteiger partial charge is 0.410 e. The lowest BCUT2D eigenvalue weighted by Gasteiger charge is -2.24. The van der Waals surface area contributed by atoms with Crippen LogP contribution in [-0.2, 0) is 11.3 Å². The highest BCUT2D eigenvalue weighted by molar-refractivity contribution is 6.07. The summed E-state index contributed by atoms with van der Waals surface area (Å²) >= 11 is 0. The van der Waals surface area contributed by atoms with Crippen molar-refractivity contribution < 1.29 is 23.8 Å². The maximum absolute atomic E-state index is 13.1. The van der Waals surface area contributed by atoms with Gasteiger partial charge in [0, 0.05) is 30.6 Å². The molecule has 1 saturated heterocycles. The van der Waals surface area contributed by atoms with Gasteiger partial charge in [-0.1, -0.05) is 6.07 Å². The number of nitrogens with one attached hydrogen (secondary N) is 1. The number of likely N-dealkylation sites (tertiary alicyclic amines) is 1. The fourth-order valence-electron chi connectivity index (χ4n) is 4.39. The lowest BCUT2D eigenvalue weighted by Crippen LogP contribution is -2.36.